The van der Waals surface area contributed by atoms with Gasteiger partial charge >= 0.3 is 6.09 Å². The van der Waals surface area contributed by atoms with Crippen molar-refractivity contribution in [3.63, 3.8) is 0 Å². The Bertz CT molecular complexity index is 875. The van der Waals surface area contributed by atoms with Crippen LogP contribution in [0.25, 0.3) is 0 Å². The van der Waals surface area contributed by atoms with Crippen molar-refractivity contribution in [1.29, 1.82) is 5.26 Å². The molecule has 1 aromatic rings. The van der Waals surface area contributed by atoms with Gasteiger partial charge in [0.05, 0.1) is 36.7 Å². The number of hydrogen-bond donors (Lipinski definition) is 0. The molecule has 7 nitrogen and oxygen atoms in total. The molecular weight excluding hydrogens is 370 g/mol. The zero-order valence-corrected chi connectivity index (χ0v) is 17.2. The van der Waals surface area contributed by atoms with Crippen molar-refractivity contribution in [1.82, 2.24) is 4.31 Å². The maximum atomic E-state index is 12.9. The number of amides is 1. The highest BCUT2D eigenvalue weighted by Crippen LogP contribution is 2.55. The summed E-state index contributed by atoms with van der Waals surface area (Å²) < 4.78 is 32.1. The van der Waals surface area contributed by atoms with Gasteiger partial charge in [0.1, 0.15) is 6.04 Å². The molecule has 1 aromatic carbocycles. The van der Waals surface area contributed by atoms with Crippen LogP contribution in [0.1, 0.15) is 11.6 Å². The molecule has 0 spiro atoms. The molecular formula is C17H23N3O4SSi. The summed E-state index contributed by atoms with van der Waals surface area (Å²) in [6.07, 6.45) is -0.659. The Kier molecular flexibility index (Phi) is 4.63. The van der Waals surface area contributed by atoms with E-state index in [1.165, 1.54) is 16.3 Å². The van der Waals surface area contributed by atoms with Crippen molar-refractivity contribution >= 4 is 29.9 Å². The number of fused-ring (bicyclic) bond motifs is 3. The number of sulfonamides is 1. The number of carbonyl (C=O) groups is 1. The second-order valence-corrected chi connectivity index (χ2v) is 15.5. The van der Waals surface area contributed by atoms with Gasteiger partial charge in [0, 0.05) is 8.07 Å². The highest BCUT2D eigenvalue weighted by atomic mass is 32.2. The Morgan fingerprint density at radius 3 is 2.54 bits per heavy atom. The summed E-state index contributed by atoms with van der Waals surface area (Å²) in [4.78, 5) is 13.5. The number of methoxy groups -OCH3 is 1. The van der Waals surface area contributed by atoms with E-state index in [9.17, 15) is 18.5 Å². The molecule has 0 radical (unpaired) electrons. The Hall–Kier alpha value is -1.89. The molecule has 4 atom stereocenters. The van der Waals surface area contributed by atoms with Crippen LogP contribution in [-0.2, 0) is 14.8 Å². The lowest BCUT2D eigenvalue weighted by Gasteiger charge is -2.30. The summed E-state index contributed by atoms with van der Waals surface area (Å²) in [6.45, 7) is 6.39. The van der Waals surface area contributed by atoms with Gasteiger partial charge in [-0.25, -0.2) is 13.2 Å². The number of para-hydroxylation sites is 1. The second kappa shape index (κ2) is 6.37. The van der Waals surface area contributed by atoms with Crippen molar-refractivity contribution < 1.29 is 17.9 Å². The number of rotatable bonds is 4. The Labute approximate surface area is 155 Å². The van der Waals surface area contributed by atoms with Crippen LogP contribution in [0, 0.1) is 11.3 Å². The number of ether oxygens (including phenoxy) is 1. The third-order valence-corrected chi connectivity index (χ3v) is 8.80. The van der Waals surface area contributed by atoms with Crippen LogP contribution < -0.4 is 4.90 Å². The van der Waals surface area contributed by atoms with Gasteiger partial charge in [0.25, 0.3) is 0 Å². The van der Waals surface area contributed by atoms with Crippen molar-refractivity contribution in [3.8, 4) is 6.07 Å². The van der Waals surface area contributed by atoms with Gasteiger partial charge in [0.2, 0.25) is 10.0 Å². The summed E-state index contributed by atoms with van der Waals surface area (Å²) in [7, 11) is -3.78. The van der Waals surface area contributed by atoms with Crippen LogP contribution in [0.5, 0.6) is 0 Å². The summed E-state index contributed by atoms with van der Waals surface area (Å²) in [5.41, 5.74) is 1.28. The highest BCUT2D eigenvalue weighted by molar-refractivity contribution is 7.89. The zero-order chi connectivity index (χ0) is 19.3. The van der Waals surface area contributed by atoms with Gasteiger partial charge in [-0.3, -0.25) is 4.90 Å². The van der Waals surface area contributed by atoms with E-state index in [0.717, 1.165) is 5.56 Å². The molecule has 0 bridgehead atoms. The van der Waals surface area contributed by atoms with Gasteiger partial charge in [0.15, 0.2) is 0 Å². The van der Waals surface area contributed by atoms with E-state index in [4.69, 9.17) is 4.74 Å². The number of benzene rings is 1. The number of nitrogens with zero attached hydrogens (tertiary/aromatic N) is 3. The maximum Gasteiger partial charge on any atom is 0.415 e. The first-order chi connectivity index (χ1) is 12.1. The maximum absolute atomic E-state index is 12.9. The number of hydrogen-bond acceptors (Lipinski definition) is 5. The molecule has 2 aliphatic heterocycles. The lowest BCUT2D eigenvalue weighted by atomic mass is 9.97. The van der Waals surface area contributed by atoms with Gasteiger partial charge in [-0.05, 0) is 17.7 Å². The van der Waals surface area contributed by atoms with Crippen LogP contribution in [0.2, 0.25) is 25.7 Å². The third-order valence-electron chi connectivity index (χ3n) is 4.85. The predicted octanol–water partition coefficient (Wildman–Crippen LogP) is 2.56. The normalized spacial score (nSPS) is 27.1. The fraction of sp³-hybridized carbons (Fsp3) is 0.529. The van der Waals surface area contributed by atoms with Crippen molar-refractivity contribution in [2.24, 2.45) is 0 Å². The second-order valence-electron chi connectivity index (χ2n) is 7.86. The summed E-state index contributed by atoms with van der Waals surface area (Å²) in [5, 5.41) is 9.66. The van der Waals surface area contributed by atoms with E-state index in [1.54, 1.807) is 12.1 Å². The van der Waals surface area contributed by atoms with Crippen molar-refractivity contribution in [2.45, 2.75) is 43.8 Å². The Balaban J connectivity index is 1.99. The van der Waals surface area contributed by atoms with Crippen LogP contribution in [0.15, 0.2) is 24.3 Å². The Morgan fingerprint density at radius 2 is 1.96 bits per heavy atom. The first kappa shape index (κ1) is 18.9. The molecule has 2 heterocycles. The molecule has 1 unspecified atom stereocenters. The standard InChI is InChI=1S/C17H23N3O4SSi/c1-24-17(21)19-13-8-6-5-7-12(13)15-16(14(19)11-18)20(15)25(22,23)9-10-26(2,3)4/h5-8,14-16H,9-10H2,1-4H3/t14-,15+,16-,20?/m0/s1. The monoisotopic (exact) mass is 393 g/mol. The summed E-state index contributed by atoms with van der Waals surface area (Å²) in [5.74, 6) is 0.0776. The molecule has 1 saturated heterocycles. The van der Waals surface area contributed by atoms with Crippen molar-refractivity contribution in [2.75, 3.05) is 17.8 Å². The highest BCUT2D eigenvalue weighted by Gasteiger charge is 2.65. The lowest BCUT2D eigenvalue weighted by molar-refractivity contribution is 0.176. The molecule has 3 rings (SSSR count). The molecule has 1 amide bonds. The predicted molar refractivity (Wildman–Crippen MR) is 101 cm³/mol. The SMILES string of the molecule is COC(=O)N1c2ccccc2[C@@H]2[C@H]([C@@H]1C#N)N2S(=O)(=O)CC[Si](C)(C)C. The minimum Gasteiger partial charge on any atom is -0.452 e. The van der Waals surface area contributed by atoms with E-state index in [2.05, 4.69) is 25.7 Å². The lowest BCUT2D eigenvalue weighted by Crippen LogP contribution is -2.46. The van der Waals surface area contributed by atoms with Gasteiger partial charge < -0.3 is 4.74 Å². The minimum atomic E-state index is -3.51. The van der Waals surface area contributed by atoms with E-state index >= 15 is 0 Å². The van der Waals surface area contributed by atoms with Crippen LogP contribution >= 0.6 is 0 Å². The molecule has 2 aliphatic rings. The molecule has 140 valence electrons. The van der Waals surface area contributed by atoms with E-state index in [0.29, 0.717) is 11.7 Å². The molecule has 0 aromatic heterocycles. The summed E-state index contributed by atoms with van der Waals surface area (Å²) in [6, 6.07) is 8.02. The summed E-state index contributed by atoms with van der Waals surface area (Å²) >= 11 is 0. The molecule has 26 heavy (non-hydrogen) atoms. The number of nitriles is 1. The minimum absolute atomic E-state index is 0.0776. The Morgan fingerprint density at radius 1 is 1.31 bits per heavy atom. The van der Waals surface area contributed by atoms with Crippen LogP contribution in [0.3, 0.4) is 0 Å². The fourth-order valence-electron chi connectivity index (χ4n) is 3.46. The quantitative estimate of drug-likeness (QED) is 0.579. The smallest absolute Gasteiger partial charge is 0.415 e. The van der Waals surface area contributed by atoms with Gasteiger partial charge in [-0.15, -0.1) is 0 Å². The van der Waals surface area contributed by atoms with Crippen molar-refractivity contribution in [3.05, 3.63) is 29.8 Å². The molecule has 0 saturated carbocycles. The molecule has 1 fully saturated rings. The van der Waals surface area contributed by atoms with E-state index in [1.807, 2.05) is 12.1 Å². The first-order valence-electron chi connectivity index (χ1n) is 8.49. The fourth-order valence-corrected chi connectivity index (χ4v) is 8.29. The average Bonchev–Trinajstić information content (AvgIpc) is 3.34. The molecule has 0 aliphatic carbocycles. The van der Waals surface area contributed by atoms with Crippen LogP contribution in [0.4, 0.5) is 10.5 Å². The van der Waals surface area contributed by atoms with E-state index < -0.39 is 36.3 Å². The topological polar surface area (TPSA) is 90.5 Å². The number of anilines is 1. The number of carbonyl (C=O) groups excluding carboxylic acids is 1. The van der Waals surface area contributed by atoms with Gasteiger partial charge in [-0.2, -0.15) is 9.57 Å². The van der Waals surface area contributed by atoms with Crippen LogP contribution in [-0.4, -0.2) is 51.8 Å². The largest absolute Gasteiger partial charge is 0.452 e. The molecule has 9 heteroatoms. The zero-order valence-electron chi connectivity index (χ0n) is 15.3. The first-order valence-corrected chi connectivity index (χ1v) is 13.8. The van der Waals surface area contributed by atoms with E-state index in [-0.39, 0.29) is 11.8 Å². The third kappa shape index (κ3) is 3.13. The van der Waals surface area contributed by atoms with Gasteiger partial charge in [-0.1, -0.05) is 37.8 Å². The molecule has 0 N–H and O–H groups in total. The average molecular weight is 394 g/mol.